The van der Waals surface area contributed by atoms with Gasteiger partial charge in [0.25, 0.3) is 0 Å². The number of benzene rings is 1. The molecule has 5 heteroatoms. The molecule has 0 radical (unpaired) electrons. The van der Waals surface area contributed by atoms with E-state index >= 15 is 0 Å². The SMILES string of the molecule is CCCC(C)CC(=O)Nc1ccc(-n2cnc3ccccc32)nc1. The molecule has 2 aromatic heterocycles. The zero-order valence-corrected chi connectivity index (χ0v) is 14.1. The third-order valence-corrected chi connectivity index (χ3v) is 4.05. The van der Waals surface area contributed by atoms with E-state index in [1.54, 1.807) is 12.5 Å². The summed E-state index contributed by atoms with van der Waals surface area (Å²) >= 11 is 0. The van der Waals surface area contributed by atoms with Crippen molar-refractivity contribution in [3.63, 3.8) is 0 Å². The average Bonchev–Trinajstić information content (AvgIpc) is 2.99. The van der Waals surface area contributed by atoms with Crippen molar-refractivity contribution in [3.05, 3.63) is 48.9 Å². The minimum Gasteiger partial charge on any atom is -0.325 e. The Morgan fingerprint density at radius 3 is 2.79 bits per heavy atom. The lowest BCUT2D eigenvalue weighted by Crippen LogP contribution is -2.15. The number of nitrogens with zero attached hydrogens (tertiary/aromatic N) is 3. The van der Waals surface area contributed by atoms with Crippen LogP contribution in [-0.2, 0) is 4.79 Å². The van der Waals surface area contributed by atoms with Crippen LogP contribution in [-0.4, -0.2) is 20.4 Å². The van der Waals surface area contributed by atoms with Gasteiger partial charge in [-0.2, -0.15) is 0 Å². The molecule has 1 unspecified atom stereocenters. The lowest BCUT2D eigenvalue weighted by molar-refractivity contribution is -0.117. The Balaban J connectivity index is 1.70. The molecular formula is C19H22N4O. The second-order valence-corrected chi connectivity index (χ2v) is 6.15. The highest BCUT2D eigenvalue weighted by atomic mass is 16.1. The lowest BCUT2D eigenvalue weighted by atomic mass is 10.0. The van der Waals surface area contributed by atoms with E-state index in [2.05, 4.69) is 29.1 Å². The van der Waals surface area contributed by atoms with Crippen LogP contribution in [0, 0.1) is 5.92 Å². The first kappa shape index (κ1) is 16.2. The first-order valence-electron chi connectivity index (χ1n) is 8.35. The van der Waals surface area contributed by atoms with Crippen LogP contribution in [0.4, 0.5) is 5.69 Å². The molecule has 1 amide bonds. The van der Waals surface area contributed by atoms with Crippen LogP contribution in [0.3, 0.4) is 0 Å². The van der Waals surface area contributed by atoms with Gasteiger partial charge in [0.2, 0.25) is 5.91 Å². The van der Waals surface area contributed by atoms with Gasteiger partial charge in [-0.3, -0.25) is 9.36 Å². The molecule has 3 rings (SSSR count). The topological polar surface area (TPSA) is 59.8 Å². The summed E-state index contributed by atoms with van der Waals surface area (Å²) in [5.41, 5.74) is 2.66. The molecule has 124 valence electrons. The van der Waals surface area contributed by atoms with Gasteiger partial charge in [-0.25, -0.2) is 9.97 Å². The van der Waals surface area contributed by atoms with Crippen molar-refractivity contribution < 1.29 is 4.79 Å². The summed E-state index contributed by atoms with van der Waals surface area (Å²) in [4.78, 5) is 20.8. The number of para-hydroxylation sites is 2. The molecule has 5 nitrogen and oxygen atoms in total. The number of anilines is 1. The summed E-state index contributed by atoms with van der Waals surface area (Å²) < 4.78 is 1.93. The van der Waals surface area contributed by atoms with Gasteiger partial charge in [-0.15, -0.1) is 0 Å². The minimum atomic E-state index is 0.0404. The Hall–Kier alpha value is -2.69. The van der Waals surface area contributed by atoms with Crippen LogP contribution in [0.15, 0.2) is 48.9 Å². The van der Waals surface area contributed by atoms with Crippen molar-refractivity contribution in [1.29, 1.82) is 0 Å². The molecule has 0 fully saturated rings. The van der Waals surface area contributed by atoms with Gasteiger partial charge in [0.05, 0.1) is 22.9 Å². The summed E-state index contributed by atoms with van der Waals surface area (Å²) in [6.07, 6.45) is 6.16. The Morgan fingerprint density at radius 2 is 2.04 bits per heavy atom. The van der Waals surface area contributed by atoms with Crippen molar-refractivity contribution in [2.75, 3.05) is 5.32 Å². The van der Waals surface area contributed by atoms with E-state index in [1.165, 1.54) is 0 Å². The Bertz CT molecular complexity index is 823. The van der Waals surface area contributed by atoms with Gasteiger partial charge >= 0.3 is 0 Å². The van der Waals surface area contributed by atoms with Crippen molar-refractivity contribution in [2.45, 2.75) is 33.1 Å². The predicted molar refractivity (Wildman–Crippen MR) is 96.2 cm³/mol. The second-order valence-electron chi connectivity index (χ2n) is 6.15. The van der Waals surface area contributed by atoms with Crippen molar-refractivity contribution in [2.24, 2.45) is 5.92 Å². The average molecular weight is 322 g/mol. The van der Waals surface area contributed by atoms with E-state index in [4.69, 9.17) is 0 Å². The van der Waals surface area contributed by atoms with Crippen LogP contribution >= 0.6 is 0 Å². The number of hydrogen-bond acceptors (Lipinski definition) is 3. The van der Waals surface area contributed by atoms with Crippen molar-refractivity contribution >= 4 is 22.6 Å². The number of rotatable bonds is 6. The van der Waals surface area contributed by atoms with E-state index in [1.807, 2.05) is 41.0 Å². The number of aromatic nitrogens is 3. The molecule has 0 saturated heterocycles. The van der Waals surface area contributed by atoms with E-state index < -0.39 is 0 Å². The zero-order valence-electron chi connectivity index (χ0n) is 14.1. The molecule has 2 heterocycles. The van der Waals surface area contributed by atoms with E-state index in [9.17, 15) is 4.79 Å². The summed E-state index contributed by atoms with van der Waals surface area (Å²) in [6, 6.07) is 11.7. The number of carbonyl (C=O) groups is 1. The third-order valence-electron chi connectivity index (χ3n) is 4.05. The third kappa shape index (κ3) is 3.62. The van der Waals surface area contributed by atoms with Gasteiger partial charge in [0.1, 0.15) is 12.1 Å². The highest BCUT2D eigenvalue weighted by molar-refractivity contribution is 5.90. The van der Waals surface area contributed by atoms with E-state index in [0.29, 0.717) is 12.3 Å². The normalized spacial score (nSPS) is 12.2. The van der Waals surface area contributed by atoms with Gasteiger partial charge in [-0.05, 0) is 30.2 Å². The van der Waals surface area contributed by atoms with Gasteiger partial charge in [0, 0.05) is 6.42 Å². The summed E-state index contributed by atoms with van der Waals surface area (Å²) in [6.45, 7) is 4.24. The van der Waals surface area contributed by atoms with Crippen LogP contribution < -0.4 is 5.32 Å². The number of amides is 1. The molecule has 0 bridgehead atoms. The standard InChI is InChI=1S/C19H22N4O/c1-3-6-14(2)11-19(24)22-15-9-10-18(20-12-15)23-13-21-16-7-4-5-8-17(16)23/h4-5,7-10,12-14H,3,6,11H2,1-2H3,(H,22,24). The Labute approximate surface area is 141 Å². The zero-order chi connectivity index (χ0) is 16.9. The molecule has 0 aliphatic rings. The monoisotopic (exact) mass is 322 g/mol. The van der Waals surface area contributed by atoms with Crippen LogP contribution in [0.1, 0.15) is 33.1 Å². The number of pyridine rings is 1. The van der Waals surface area contributed by atoms with Crippen LogP contribution in [0.25, 0.3) is 16.9 Å². The Kier molecular flexibility index (Phi) is 4.89. The molecule has 0 aliphatic carbocycles. The summed E-state index contributed by atoms with van der Waals surface area (Å²) in [5.74, 6) is 1.22. The molecule has 3 aromatic rings. The summed E-state index contributed by atoms with van der Waals surface area (Å²) in [5, 5.41) is 2.91. The largest absolute Gasteiger partial charge is 0.325 e. The maximum atomic E-state index is 12.0. The maximum absolute atomic E-state index is 12.0. The molecule has 24 heavy (non-hydrogen) atoms. The minimum absolute atomic E-state index is 0.0404. The molecule has 0 aliphatic heterocycles. The number of carbonyl (C=O) groups excluding carboxylic acids is 1. The molecular weight excluding hydrogens is 300 g/mol. The molecule has 1 N–H and O–H groups in total. The quantitative estimate of drug-likeness (QED) is 0.740. The maximum Gasteiger partial charge on any atom is 0.224 e. The van der Waals surface area contributed by atoms with Crippen molar-refractivity contribution in [1.82, 2.24) is 14.5 Å². The van der Waals surface area contributed by atoms with E-state index in [0.717, 1.165) is 35.4 Å². The fourth-order valence-corrected chi connectivity index (χ4v) is 2.87. The second kappa shape index (κ2) is 7.25. The van der Waals surface area contributed by atoms with Gasteiger partial charge < -0.3 is 5.32 Å². The van der Waals surface area contributed by atoms with Gasteiger partial charge in [0.15, 0.2) is 0 Å². The first-order chi connectivity index (χ1) is 11.7. The van der Waals surface area contributed by atoms with E-state index in [-0.39, 0.29) is 5.91 Å². The number of fused-ring (bicyclic) bond motifs is 1. The van der Waals surface area contributed by atoms with Gasteiger partial charge in [-0.1, -0.05) is 38.8 Å². The number of hydrogen-bond donors (Lipinski definition) is 1. The molecule has 1 atom stereocenters. The molecule has 1 aromatic carbocycles. The Morgan fingerprint density at radius 1 is 1.21 bits per heavy atom. The van der Waals surface area contributed by atoms with Crippen molar-refractivity contribution in [3.8, 4) is 5.82 Å². The van der Waals surface area contributed by atoms with Crippen LogP contribution in [0.5, 0.6) is 0 Å². The summed E-state index contributed by atoms with van der Waals surface area (Å²) in [7, 11) is 0. The fraction of sp³-hybridized carbons (Fsp3) is 0.316. The van der Waals surface area contributed by atoms with Crippen LogP contribution in [0.2, 0.25) is 0 Å². The number of nitrogens with one attached hydrogen (secondary N) is 1. The molecule has 0 saturated carbocycles. The smallest absolute Gasteiger partial charge is 0.224 e. The predicted octanol–water partition coefficient (Wildman–Crippen LogP) is 4.19. The fourth-order valence-electron chi connectivity index (χ4n) is 2.87. The first-order valence-corrected chi connectivity index (χ1v) is 8.35. The number of imidazole rings is 1. The molecule has 0 spiro atoms. The highest BCUT2D eigenvalue weighted by Gasteiger charge is 2.09. The highest BCUT2D eigenvalue weighted by Crippen LogP contribution is 2.18. The lowest BCUT2D eigenvalue weighted by Gasteiger charge is -2.10.